The van der Waals surface area contributed by atoms with Crippen LogP contribution >= 0.6 is 0 Å². The van der Waals surface area contributed by atoms with E-state index in [9.17, 15) is 9.59 Å². The molecule has 4 nitrogen and oxygen atoms in total. The van der Waals surface area contributed by atoms with E-state index in [0.29, 0.717) is 17.4 Å². The van der Waals surface area contributed by atoms with Gasteiger partial charge in [0.25, 0.3) is 0 Å². The van der Waals surface area contributed by atoms with E-state index in [1.165, 1.54) is 0 Å². The summed E-state index contributed by atoms with van der Waals surface area (Å²) in [7, 11) is 1.62. The van der Waals surface area contributed by atoms with Crippen LogP contribution in [-0.4, -0.2) is 25.5 Å². The molecule has 0 aromatic heterocycles. The van der Waals surface area contributed by atoms with Gasteiger partial charge < -0.3 is 9.47 Å². The van der Waals surface area contributed by atoms with Gasteiger partial charge in [-0.15, -0.1) is 0 Å². The molecule has 2 bridgehead atoms. The highest BCUT2D eigenvalue weighted by molar-refractivity contribution is 6.01. The third kappa shape index (κ3) is 3.04. The Morgan fingerprint density at radius 3 is 2.56 bits per heavy atom. The SMILES string of the molecule is COc1ccc2cc(C(=O)COC(=O)C3CC4C=CC3C4)ccc2c1. The molecule has 0 amide bonds. The predicted octanol–water partition coefficient (Wildman–Crippen LogP) is 3.79. The number of ketones is 1. The topological polar surface area (TPSA) is 52.6 Å². The Kier molecular flexibility index (Phi) is 4.04. The van der Waals surface area contributed by atoms with Crippen LogP contribution in [0.25, 0.3) is 10.8 Å². The summed E-state index contributed by atoms with van der Waals surface area (Å²) in [6.45, 7) is -0.196. The van der Waals surface area contributed by atoms with Gasteiger partial charge in [-0.2, -0.15) is 0 Å². The van der Waals surface area contributed by atoms with Crippen LogP contribution in [-0.2, 0) is 9.53 Å². The predicted molar refractivity (Wildman–Crippen MR) is 94.6 cm³/mol. The molecule has 4 heteroatoms. The average molecular weight is 336 g/mol. The fourth-order valence-electron chi connectivity index (χ4n) is 3.90. The van der Waals surface area contributed by atoms with Crippen molar-refractivity contribution < 1.29 is 19.1 Å². The van der Waals surface area contributed by atoms with Crippen LogP contribution in [0.5, 0.6) is 5.75 Å². The quantitative estimate of drug-likeness (QED) is 0.474. The Morgan fingerprint density at radius 2 is 1.84 bits per heavy atom. The van der Waals surface area contributed by atoms with Crippen molar-refractivity contribution in [2.24, 2.45) is 17.8 Å². The zero-order chi connectivity index (χ0) is 17.4. The van der Waals surface area contributed by atoms with Crippen LogP contribution in [0.1, 0.15) is 23.2 Å². The van der Waals surface area contributed by atoms with Crippen LogP contribution in [0.3, 0.4) is 0 Å². The van der Waals surface area contributed by atoms with Gasteiger partial charge in [-0.1, -0.05) is 30.4 Å². The van der Waals surface area contributed by atoms with Crippen molar-refractivity contribution in [3.63, 3.8) is 0 Å². The molecule has 0 radical (unpaired) electrons. The number of Topliss-reactive ketones (excluding diaryl/α,β-unsaturated/α-hetero) is 1. The Balaban J connectivity index is 1.41. The number of methoxy groups -OCH3 is 1. The maximum Gasteiger partial charge on any atom is 0.310 e. The summed E-state index contributed by atoms with van der Waals surface area (Å²) in [6, 6.07) is 11.2. The molecule has 0 saturated heterocycles. The normalized spacial score (nSPS) is 23.8. The van der Waals surface area contributed by atoms with Crippen molar-refractivity contribution in [3.05, 3.63) is 54.1 Å². The molecular weight excluding hydrogens is 316 g/mol. The number of ether oxygens (including phenoxy) is 2. The van der Waals surface area contributed by atoms with Gasteiger partial charge in [0, 0.05) is 5.56 Å². The molecule has 0 aliphatic heterocycles. The van der Waals surface area contributed by atoms with Crippen molar-refractivity contribution in [2.75, 3.05) is 13.7 Å². The van der Waals surface area contributed by atoms with Crippen molar-refractivity contribution >= 4 is 22.5 Å². The van der Waals surface area contributed by atoms with Gasteiger partial charge in [-0.05, 0) is 53.6 Å². The third-order valence-corrected chi connectivity index (χ3v) is 5.30. The van der Waals surface area contributed by atoms with Gasteiger partial charge >= 0.3 is 5.97 Å². The van der Waals surface area contributed by atoms with Gasteiger partial charge in [0.2, 0.25) is 0 Å². The molecule has 2 aromatic carbocycles. The van der Waals surface area contributed by atoms with Gasteiger partial charge in [0.15, 0.2) is 12.4 Å². The van der Waals surface area contributed by atoms with Crippen molar-refractivity contribution in [2.45, 2.75) is 12.8 Å². The van der Waals surface area contributed by atoms with Gasteiger partial charge in [0.1, 0.15) is 5.75 Å². The molecule has 0 heterocycles. The number of rotatable bonds is 5. The van der Waals surface area contributed by atoms with Crippen LogP contribution in [0.15, 0.2) is 48.6 Å². The van der Waals surface area contributed by atoms with E-state index in [1.54, 1.807) is 13.2 Å². The summed E-state index contributed by atoms with van der Waals surface area (Å²) < 4.78 is 10.5. The molecule has 3 unspecified atom stereocenters. The molecule has 0 N–H and O–H groups in total. The molecule has 4 rings (SSSR count). The first kappa shape index (κ1) is 15.9. The minimum atomic E-state index is -0.240. The molecule has 2 aliphatic rings. The van der Waals surface area contributed by atoms with Crippen LogP contribution < -0.4 is 4.74 Å². The number of benzene rings is 2. The average Bonchev–Trinajstić information content (AvgIpc) is 3.28. The number of fused-ring (bicyclic) bond motifs is 3. The molecule has 2 aliphatic carbocycles. The Hall–Kier alpha value is -2.62. The maximum atomic E-state index is 12.4. The third-order valence-electron chi connectivity index (χ3n) is 5.30. The largest absolute Gasteiger partial charge is 0.497 e. The Labute approximate surface area is 146 Å². The van der Waals surface area contributed by atoms with E-state index in [0.717, 1.165) is 29.4 Å². The summed E-state index contributed by atoms with van der Waals surface area (Å²) >= 11 is 0. The summed E-state index contributed by atoms with van der Waals surface area (Å²) in [5, 5.41) is 1.96. The van der Waals surface area contributed by atoms with E-state index in [4.69, 9.17) is 9.47 Å². The fourth-order valence-corrected chi connectivity index (χ4v) is 3.90. The van der Waals surface area contributed by atoms with E-state index in [-0.39, 0.29) is 24.3 Å². The first-order valence-corrected chi connectivity index (χ1v) is 8.60. The van der Waals surface area contributed by atoms with Gasteiger partial charge in [-0.25, -0.2) is 0 Å². The molecule has 25 heavy (non-hydrogen) atoms. The fraction of sp³-hybridized carbons (Fsp3) is 0.333. The highest BCUT2D eigenvalue weighted by atomic mass is 16.5. The standard InChI is InChI=1S/C21H20O4/c1-24-18-7-6-14-10-17(5-4-15(14)11-18)20(22)12-25-21(23)19-9-13-2-3-16(19)8-13/h2-7,10-11,13,16,19H,8-9,12H2,1H3. The van der Waals surface area contributed by atoms with Crippen molar-refractivity contribution in [1.29, 1.82) is 0 Å². The second-order valence-electron chi connectivity index (χ2n) is 6.85. The van der Waals surface area contributed by atoms with Crippen molar-refractivity contribution in [3.8, 4) is 5.75 Å². The molecular formula is C21H20O4. The first-order valence-electron chi connectivity index (χ1n) is 8.60. The summed E-state index contributed by atoms with van der Waals surface area (Å²) in [6.07, 6.45) is 6.19. The number of hydrogen-bond acceptors (Lipinski definition) is 4. The molecule has 128 valence electrons. The Bertz CT molecular complexity index is 867. The minimum absolute atomic E-state index is 0.0770. The van der Waals surface area contributed by atoms with E-state index < -0.39 is 0 Å². The maximum absolute atomic E-state index is 12.4. The summed E-state index contributed by atoms with van der Waals surface area (Å²) in [4.78, 5) is 24.6. The second-order valence-corrected chi connectivity index (χ2v) is 6.85. The minimum Gasteiger partial charge on any atom is -0.497 e. The van der Waals surface area contributed by atoms with Crippen LogP contribution in [0.2, 0.25) is 0 Å². The number of hydrogen-bond donors (Lipinski definition) is 0. The van der Waals surface area contributed by atoms with Crippen LogP contribution in [0, 0.1) is 17.8 Å². The molecule has 3 atom stereocenters. The van der Waals surface area contributed by atoms with Crippen LogP contribution in [0.4, 0.5) is 0 Å². The van der Waals surface area contributed by atoms with Crippen molar-refractivity contribution in [1.82, 2.24) is 0 Å². The number of esters is 1. The lowest BCUT2D eigenvalue weighted by atomic mass is 9.94. The zero-order valence-corrected chi connectivity index (χ0v) is 14.1. The lowest BCUT2D eigenvalue weighted by Gasteiger charge is -2.16. The van der Waals surface area contributed by atoms with Gasteiger partial charge in [0.05, 0.1) is 13.0 Å². The molecule has 2 aromatic rings. The monoisotopic (exact) mass is 336 g/mol. The smallest absolute Gasteiger partial charge is 0.310 e. The van der Waals surface area contributed by atoms with E-state index >= 15 is 0 Å². The van der Waals surface area contributed by atoms with E-state index in [2.05, 4.69) is 12.2 Å². The number of allylic oxidation sites excluding steroid dienone is 2. The first-order chi connectivity index (χ1) is 12.1. The number of carbonyl (C=O) groups excluding carboxylic acids is 2. The van der Waals surface area contributed by atoms with E-state index in [1.807, 2.05) is 30.3 Å². The molecule has 0 spiro atoms. The Morgan fingerprint density at radius 1 is 1.04 bits per heavy atom. The molecule has 1 saturated carbocycles. The summed E-state index contributed by atoms with van der Waals surface area (Å²) in [5.74, 6) is 1.09. The highest BCUT2D eigenvalue weighted by Gasteiger charge is 2.40. The summed E-state index contributed by atoms with van der Waals surface area (Å²) in [5.41, 5.74) is 0.554. The molecule has 1 fully saturated rings. The lowest BCUT2D eigenvalue weighted by molar-refractivity contribution is -0.148. The highest BCUT2D eigenvalue weighted by Crippen LogP contribution is 2.43. The second kappa shape index (κ2) is 6.36. The van der Waals surface area contributed by atoms with Gasteiger partial charge in [-0.3, -0.25) is 9.59 Å². The number of carbonyl (C=O) groups is 2. The lowest BCUT2D eigenvalue weighted by Crippen LogP contribution is -2.24. The zero-order valence-electron chi connectivity index (χ0n) is 14.1.